The van der Waals surface area contributed by atoms with Gasteiger partial charge in [-0.15, -0.1) is 0 Å². The van der Waals surface area contributed by atoms with Crippen LogP contribution >= 0.6 is 0 Å². The number of para-hydroxylation sites is 4. The van der Waals surface area contributed by atoms with Crippen LogP contribution in [0.15, 0.2) is 188 Å². The number of ether oxygens (including phenoxy) is 1. The molecule has 0 amide bonds. The lowest BCUT2D eigenvalue weighted by molar-refractivity contribution is -0.571. The Kier molecular flexibility index (Phi) is 5.15. The molecule has 0 bridgehead atoms. The van der Waals surface area contributed by atoms with Crippen LogP contribution in [-0.4, -0.2) is 14.1 Å². The molecule has 0 spiro atoms. The number of pyridine rings is 1. The number of hydrogen-bond acceptors (Lipinski definition) is 2. The molecule has 0 aliphatic rings. The van der Waals surface area contributed by atoms with Crippen molar-refractivity contribution in [1.29, 1.82) is 0 Å². The largest absolute Gasteiger partial charge is 0.458 e. The SMILES string of the molecule is [2H]c1c([2H])c([2H])c(-c2cccc(-c3c([2H])c([2H])c([2H])c([2H])c3[2H])c2-[n+]2[c-]n(-c3cccc(Oc4cc5c(c([2H])c4[2H])c4c([2H])c([2H])c([2H])c([2H])c4n5-c4cc(C([2H])([2H])C(C)(C)C)ccn4)c3)c3ccccc32)c([2H])c1[2H]. The lowest BCUT2D eigenvalue weighted by Gasteiger charge is -2.18. The van der Waals surface area contributed by atoms with Crippen molar-refractivity contribution >= 4 is 32.8 Å². The lowest BCUT2D eigenvalue weighted by atomic mass is 9.88. The summed E-state index contributed by atoms with van der Waals surface area (Å²) in [6.45, 7) is 5.24. The van der Waals surface area contributed by atoms with Crippen LogP contribution in [0.5, 0.6) is 11.5 Å². The lowest BCUT2D eigenvalue weighted by Crippen LogP contribution is -2.31. The highest BCUT2D eigenvalue weighted by Crippen LogP contribution is 2.37. The van der Waals surface area contributed by atoms with Crippen LogP contribution in [0.3, 0.4) is 0 Å². The molecule has 0 saturated heterocycles. The van der Waals surface area contributed by atoms with Gasteiger partial charge in [0.25, 0.3) is 6.33 Å². The maximum Gasteiger partial charge on any atom is 0.269 e. The molecule has 7 aromatic carbocycles. The molecule has 0 saturated carbocycles. The van der Waals surface area contributed by atoms with Gasteiger partial charge < -0.3 is 4.74 Å². The number of hydrogen-bond donors (Lipinski definition) is 0. The van der Waals surface area contributed by atoms with E-state index < -0.39 is 108 Å². The minimum Gasteiger partial charge on any atom is -0.458 e. The normalized spacial score (nSPS) is 16.4. The molecule has 0 aliphatic heterocycles. The Labute approximate surface area is 364 Å². The van der Waals surface area contributed by atoms with Gasteiger partial charge in [-0.3, -0.25) is 13.7 Å². The van der Waals surface area contributed by atoms with Crippen LogP contribution < -0.4 is 9.30 Å². The van der Waals surface area contributed by atoms with Crippen LogP contribution in [0.2, 0.25) is 0 Å². The summed E-state index contributed by atoms with van der Waals surface area (Å²) in [5.74, 6) is 0.0847. The fourth-order valence-electron chi connectivity index (χ4n) is 7.09. The molecule has 3 heterocycles. The van der Waals surface area contributed by atoms with E-state index in [4.69, 9.17) is 26.7 Å². The van der Waals surface area contributed by atoms with E-state index in [1.165, 1.54) is 51.7 Å². The summed E-state index contributed by atoms with van der Waals surface area (Å²) in [7, 11) is 0. The van der Waals surface area contributed by atoms with Gasteiger partial charge in [0.1, 0.15) is 17.3 Å². The third kappa shape index (κ3) is 6.50. The molecule has 0 fully saturated rings. The van der Waals surface area contributed by atoms with Gasteiger partial charge in [-0.1, -0.05) is 148 Å². The Bertz CT molecular complexity index is 4000. The van der Waals surface area contributed by atoms with Crippen molar-refractivity contribution in [3.8, 4) is 50.9 Å². The molecule has 0 aliphatic carbocycles. The Hall–Kier alpha value is -7.24. The molecule has 280 valence electrons. The first kappa shape index (κ1) is 20.8. The quantitative estimate of drug-likeness (QED) is 0.114. The molecule has 0 N–H and O–H groups in total. The van der Waals surface area contributed by atoms with Crippen LogP contribution in [0, 0.1) is 11.7 Å². The highest BCUT2D eigenvalue weighted by Gasteiger charge is 2.20. The van der Waals surface area contributed by atoms with Crippen LogP contribution in [0.4, 0.5) is 0 Å². The average Bonchev–Trinajstić information content (AvgIpc) is 3.99. The van der Waals surface area contributed by atoms with E-state index in [0.29, 0.717) is 16.7 Å². The second-order valence-corrected chi connectivity index (χ2v) is 14.4. The van der Waals surface area contributed by atoms with E-state index in [2.05, 4.69) is 11.3 Å². The number of rotatable bonds is 8. The fourth-order valence-corrected chi connectivity index (χ4v) is 7.09. The molecule has 58 heavy (non-hydrogen) atoms. The molecule has 3 aromatic heterocycles. The zero-order valence-corrected chi connectivity index (χ0v) is 31.4. The summed E-state index contributed by atoms with van der Waals surface area (Å²) < 4.78 is 170. The van der Waals surface area contributed by atoms with E-state index in [0.717, 1.165) is 0 Å². The predicted molar refractivity (Wildman–Crippen MR) is 236 cm³/mol. The van der Waals surface area contributed by atoms with Gasteiger partial charge in [-0.25, -0.2) is 4.98 Å². The van der Waals surface area contributed by atoms with Gasteiger partial charge in [-0.05, 0) is 88.1 Å². The highest BCUT2D eigenvalue weighted by molar-refractivity contribution is 6.09. The first-order valence-electron chi connectivity index (χ1n) is 27.3. The summed E-state index contributed by atoms with van der Waals surface area (Å²) in [4.78, 5) is 4.55. The van der Waals surface area contributed by atoms with Crippen molar-refractivity contribution in [2.75, 3.05) is 0 Å². The summed E-state index contributed by atoms with van der Waals surface area (Å²) in [5, 5.41) is -0.0192. The standard InChI is InChI=1S/C53H42N4O/c1-53(2,3)35-37-30-31-54-51(32-37)57-47-25-11-10-22-45(47)46-29-28-42(34-50(46)57)58-41-21-14-20-40(33-41)55-36-56(49-27-13-12-26-48(49)55)52-43(38-16-6-4-7-17-38)23-15-24-44(52)39-18-8-5-9-19-39/h4-34H,35H2,1-3H3/i4D,5D,6D,7D,8D,9D,10D,11D,16D,17D,18D,19D,22D,25D,28D,29D,35D2. The van der Waals surface area contributed by atoms with Gasteiger partial charge in [0, 0.05) is 25.8 Å². The van der Waals surface area contributed by atoms with Crippen LogP contribution in [0.1, 0.15) is 51.0 Å². The molecule has 0 unspecified atom stereocenters. The maximum atomic E-state index is 9.37. The first-order valence-corrected chi connectivity index (χ1v) is 18.3. The Morgan fingerprint density at radius 2 is 1.34 bits per heavy atom. The third-order valence-electron chi connectivity index (χ3n) is 9.38. The minimum atomic E-state index is -1.89. The molecule has 10 rings (SSSR count). The number of imidazole rings is 1. The Morgan fingerprint density at radius 1 is 0.655 bits per heavy atom. The van der Waals surface area contributed by atoms with E-state index in [1.807, 2.05) is 0 Å². The van der Waals surface area contributed by atoms with Gasteiger partial charge in [0.05, 0.1) is 55.4 Å². The summed E-state index contributed by atoms with van der Waals surface area (Å²) in [5.41, 5.74) is 0.554. The molecule has 0 atom stereocenters. The van der Waals surface area contributed by atoms with Gasteiger partial charge >= 0.3 is 0 Å². The third-order valence-corrected chi connectivity index (χ3v) is 9.38. The van der Waals surface area contributed by atoms with Gasteiger partial charge in [0.2, 0.25) is 0 Å². The van der Waals surface area contributed by atoms with Crippen molar-refractivity contribution in [3.63, 3.8) is 0 Å². The average molecular weight is 769 g/mol. The molecule has 5 heteroatoms. The van der Waals surface area contributed by atoms with Crippen molar-refractivity contribution in [1.82, 2.24) is 14.1 Å². The van der Waals surface area contributed by atoms with Gasteiger partial charge in [-0.2, -0.15) is 0 Å². The summed E-state index contributed by atoms with van der Waals surface area (Å²) in [6.07, 6.45) is 2.83. The zero-order valence-electron chi connectivity index (χ0n) is 49.4. The van der Waals surface area contributed by atoms with Crippen molar-refractivity contribution in [2.45, 2.75) is 27.1 Å². The predicted octanol–water partition coefficient (Wildman–Crippen LogP) is 12.9. The topological polar surface area (TPSA) is 35.9 Å². The minimum absolute atomic E-state index is 0.0176. The monoisotopic (exact) mass is 768 g/mol. The second kappa shape index (κ2) is 14.4. The number of aromatic nitrogens is 4. The number of nitrogens with zero attached hydrogens (tertiary/aromatic N) is 4. The summed E-state index contributed by atoms with van der Waals surface area (Å²) in [6, 6.07) is 13.8. The Balaban J connectivity index is 1.18. The van der Waals surface area contributed by atoms with E-state index in [1.54, 1.807) is 73.9 Å². The number of benzene rings is 7. The van der Waals surface area contributed by atoms with E-state index >= 15 is 0 Å². The molecule has 0 radical (unpaired) electrons. The maximum absolute atomic E-state index is 9.37. The Morgan fingerprint density at radius 3 is 2.10 bits per heavy atom. The van der Waals surface area contributed by atoms with Crippen LogP contribution in [0.25, 0.3) is 72.3 Å². The van der Waals surface area contributed by atoms with E-state index in [-0.39, 0.29) is 72.6 Å². The molecular weight excluding hydrogens is 709 g/mol. The van der Waals surface area contributed by atoms with Crippen molar-refractivity contribution < 1.29 is 34.0 Å². The number of fused-ring (bicyclic) bond motifs is 4. The second-order valence-electron chi connectivity index (χ2n) is 14.4. The first-order chi connectivity index (χ1) is 35.8. The molecular formula is C53H42N4O. The van der Waals surface area contributed by atoms with E-state index in [9.17, 15) is 2.74 Å². The van der Waals surface area contributed by atoms with Gasteiger partial charge in [0.15, 0.2) is 0 Å². The smallest absolute Gasteiger partial charge is 0.269 e. The fraction of sp³-hybridized carbons (Fsp3) is 0.0943. The van der Waals surface area contributed by atoms with Crippen molar-refractivity contribution in [2.24, 2.45) is 5.41 Å². The van der Waals surface area contributed by atoms with Crippen molar-refractivity contribution in [3.05, 3.63) is 200 Å². The summed E-state index contributed by atoms with van der Waals surface area (Å²) >= 11 is 0. The zero-order chi connectivity index (χ0) is 54.9. The molecule has 5 nitrogen and oxygen atoms in total. The highest BCUT2D eigenvalue weighted by atomic mass is 16.5. The molecule has 10 aromatic rings. The van der Waals surface area contributed by atoms with Crippen LogP contribution in [-0.2, 0) is 6.37 Å².